The molecule has 6 atom stereocenters. The molecule has 34 nitrogen and oxygen atoms in total. The molecule has 116 heavy (non-hydrogen) atoms. The second kappa shape index (κ2) is 57.5. The van der Waals surface area contributed by atoms with Crippen molar-refractivity contribution in [3.05, 3.63) is 102 Å². The minimum atomic E-state index is -1.66. The van der Waals surface area contributed by atoms with Gasteiger partial charge in [-0.15, -0.1) is 0 Å². The highest BCUT2D eigenvalue weighted by molar-refractivity contribution is 5.98. The molecule has 3 aromatic carbocycles. The van der Waals surface area contributed by atoms with Crippen LogP contribution in [0.1, 0.15) is 178 Å². The molecule has 0 aliphatic heterocycles. The Bertz CT molecular complexity index is 3700. The molecule has 1 heterocycles. The van der Waals surface area contributed by atoms with Crippen molar-refractivity contribution in [3.63, 3.8) is 0 Å². The van der Waals surface area contributed by atoms with Crippen LogP contribution in [0, 0.1) is 0 Å². The number of likely N-dealkylation sites (N-methyl/N-ethyl adjacent to an activating group) is 2. The molecule has 4 aromatic rings. The first-order valence-corrected chi connectivity index (χ1v) is 40.2. The zero-order valence-electron chi connectivity index (χ0n) is 67.2. The van der Waals surface area contributed by atoms with E-state index < -0.39 is 126 Å². The van der Waals surface area contributed by atoms with Crippen LogP contribution in [0.5, 0.6) is 5.75 Å². The number of carboxylic acids is 3. The fraction of sp³-hybridized carbons (Fsp3) is 0.585. The van der Waals surface area contributed by atoms with E-state index in [0.717, 1.165) is 61.2 Å². The summed E-state index contributed by atoms with van der Waals surface area (Å²) in [5.41, 5.74) is 8.24. The summed E-state index contributed by atoms with van der Waals surface area (Å²) in [7, 11) is 2.50. The summed E-state index contributed by atoms with van der Waals surface area (Å²) in [6, 6.07) is 13.6. The number of hydrogen-bond donors (Lipinski definition) is 14. The molecular formula is C82H122N12O22. The molecule has 0 spiro atoms. The number of unbranched alkanes of at least 4 members (excludes halogenated alkanes) is 14. The number of benzene rings is 3. The predicted octanol–water partition coefficient (Wildman–Crippen LogP) is 4.15. The Balaban J connectivity index is 1.14. The monoisotopic (exact) mass is 1630 g/mol. The van der Waals surface area contributed by atoms with Gasteiger partial charge >= 0.3 is 17.9 Å². The number of H-pyrrole nitrogens is 1. The van der Waals surface area contributed by atoms with Crippen molar-refractivity contribution in [2.24, 2.45) is 5.73 Å². The number of fused-ring (bicyclic) bond motifs is 1. The molecule has 0 aliphatic rings. The van der Waals surface area contributed by atoms with Gasteiger partial charge in [-0.25, -0.2) is 4.79 Å². The van der Waals surface area contributed by atoms with Crippen LogP contribution in [-0.4, -0.2) is 247 Å². The lowest BCUT2D eigenvalue weighted by atomic mass is 10.0. The lowest BCUT2D eigenvalue weighted by Crippen LogP contribution is -2.59. The number of carbonyl (C=O) groups is 14. The van der Waals surface area contributed by atoms with Gasteiger partial charge in [0.15, 0.2) is 0 Å². The van der Waals surface area contributed by atoms with Crippen LogP contribution in [0.4, 0.5) is 0 Å². The van der Waals surface area contributed by atoms with Gasteiger partial charge < -0.3 is 102 Å². The molecule has 0 radical (unpaired) electrons. The minimum absolute atomic E-state index is 0.00481. The summed E-state index contributed by atoms with van der Waals surface area (Å²) in [5, 5.41) is 60.0. The van der Waals surface area contributed by atoms with Crippen LogP contribution in [0.2, 0.25) is 0 Å². The number of amides is 11. The number of phenols is 1. The zero-order valence-corrected chi connectivity index (χ0v) is 67.2. The van der Waals surface area contributed by atoms with E-state index in [0.29, 0.717) is 46.9 Å². The number of hydrogen-bond acceptors (Lipinski definition) is 19. The topological polar surface area (TPSA) is 501 Å². The van der Waals surface area contributed by atoms with E-state index in [1.165, 1.54) is 70.5 Å². The zero-order chi connectivity index (χ0) is 84.8. The van der Waals surface area contributed by atoms with Crippen LogP contribution in [0.3, 0.4) is 0 Å². The van der Waals surface area contributed by atoms with E-state index in [-0.39, 0.29) is 148 Å². The van der Waals surface area contributed by atoms with Crippen molar-refractivity contribution in [1.82, 2.24) is 57.3 Å². The molecule has 0 saturated carbocycles. The number of ether oxygens (including phenoxy) is 4. The van der Waals surface area contributed by atoms with Crippen LogP contribution in [-0.2, 0) is 105 Å². The Labute approximate surface area is 677 Å². The fourth-order valence-corrected chi connectivity index (χ4v) is 12.6. The fourth-order valence-electron chi connectivity index (χ4n) is 12.6. The number of rotatable bonds is 65. The minimum Gasteiger partial charge on any atom is -0.508 e. The number of carbonyl (C=O) groups excluding carboxylic acids is 11. The van der Waals surface area contributed by atoms with Crippen LogP contribution in [0.15, 0.2) is 85.1 Å². The Morgan fingerprint density at radius 2 is 0.966 bits per heavy atom. The van der Waals surface area contributed by atoms with Crippen molar-refractivity contribution in [2.45, 2.75) is 217 Å². The predicted molar refractivity (Wildman–Crippen MR) is 429 cm³/mol. The molecule has 0 saturated heterocycles. The standard InChI is InChI=1S/C82H122N12O22/c1-4-5-29-64(80(109)94(3)68(52-76(104)105)81(110)93(2)67(77(83)106)49-57-26-19-18-20-27-57)92-79(108)66(51-59-53-87-62-30-24-23-28-61(59)62)91-72(99)54-88-78(107)63(89-71(98)50-58-34-36-60(95)37-35-58)31-25-40-84-73(100)55-115-47-46-114-44-42-86-74(101)56-116-48-45-113-43-41-85-69(96)39-38-65(82(111)112)90-70(97)32-21-16-14-12-10-8-6-7-9-11-13-15-17-22-33-75(102)103/h18-20,23-24,26-28,30,34-37,53,63-68,87,95H,4-17,21-22,25,29,31-33,38-52,54-56H2,1-3H3,(H2,83,106)(H,84,100)(H,85,96)(H,86,101)(H,88,107)(H,89,98)(H,90,97)(H,91,99)(H,92,108)(H,102,103)(H,104,105)(H,111,112)/t63-,64+,65+,66+,67+,68-/m1/s1. The first-order valence-electron chi connectivity index (χ1n) is 40.2. The van der Waals surface area contributed by atoms with E-state index >= 15 is 0 Å². The number of aliphatic carboxylic acids is 3. The first-order chi connectivity index (χ1) is 55.8. The van der Waals surface area contributed by atoms with Crippen molar-refractivity contribution in [1.29, 1.82) is 0 Å². The summed E-state index contributed by atoms with van der Waals surface area (Å²) in [6.07, 6.45) is 16.4. The van der Waals surface area contributed by atoms with Gasteiger partial charge in [-0.05, 0) is 73.4 Å². The number of aromatic nitrogens is 1. The van der Waals surface area contributed by atoms with E-state index in [4.69, 9.17) is 29.8 Å². The Morgan fingerprint density at radius 3 is 1.54 bits per heavy atom. The van der Waals surface area contributed by atoms with Gasteiger partial charge in [-0.2, -0.15) is 0 Å². The molecule has 11 amide bonds. The third-order valence-electron chi connectivity index (χ3n) is 19.1. The highest BCUT2D eigenvalue weighted by atomic mass is 16.5. The maximum Gasteiger partial charge on any atom is 0.326 e. The first kappa shape index (κ1) is 97.8. The highest BCUT2D eigenvalue weighted by Crippen LogP contribution is 2.22. The number of nitrogens with one attached hydrogen (secondary N) is 9. The molecule has 0 fully saturated rings. The summed E-state index contributed by atoms with van der Waals surface area (Å²) >= 11 is 0. The smallest absolute Gasteiger partial charge is 0.326 e. The second-order valence-electron chi connectivity index (χ2n) is 28.6. The van der Waals surface area contributed by atoms with Gasteiger partial charge in [-0.3, -0.25) is 62.3 Å². The summed E-state index contributed by atoms with van der Waals surface area (Å²) in [5.74, 6) is -10.8. The normalized spacial score (nSPS) is 12.6. The van der Waals surface area contributed by atoms with Crippen molar-refractivity contribution >= 4 is 93.8 Å². The molecule has 642 valence electrons. The highest BCUT2D eigenvalue weighted by Gasteiger charge is 2.39. The third-order valence-corrected chi connectivity index (χ3v) is 19.1. The molecular weight excluding hydrogens is 1500 g/mol. The molecule has 0 unspecified atom stereocenters. The summed E-state index contributed by atoms with van der Waals surface area (Å²) in [6.45, 7) is 1.43. The Hall–Kier alpha value is -10.6. The largest absolute Gasteiger partial charge is 0.508 e. The van der Waals surface area contributed by atoms with Crippen molar-refractivity contribution < 1.29 is 106 Å². The van der Waals surface area contributed by atoms with E-state index in [9.17, 15) is 82.4 Å². The quantitative estimate of drug-likeness (QED) is 0.0276. The number of phenolic OH excluding ortho intramolecular Hbond substituents is 1. The van der Waals surface area contributed by atoms with Crippen molar-refractivity contribution in [2.75, 3.05) is 93.1 Å². The van der Waals surface area contributed by atoms with Crippen LogP contribution in [0.25, 0.3) is 10.9 Å². The Kier molecular flexibility index (Phi) is 48.4. The summed E-state index contributed by atoms with van der Waals surface area (Å²) < 4.78 is 21.7. The van der Waals surface area contributed by atoms with Crippen molar-refractivity contribution in [3.8, 4) is 5.75 Å². The number of nitrogens with two attached hydrogens (primary N) is 1. The molecule has 0 aliphatic carbocycles. The maximum atomic E-state index is 14.6. The van der Waals surface area contributed by atoms with Gasteiger partial charge in [0.05, 0.1) is 59.0 Å². The average molecular weight is 1630 g/mol. The number of aromatic hydroxyl groups is 1. The number of primary amides is 1. The summed E-state index contributed by atoms with van der Waals surface area (Å²) in [4.78, 5) is 187. The van der Waals surface area contributed by atoms with Crippen LogP contribution >= 0.6 is 0 Å². The number of para-hydroxylation sites is 1. The molecule has 15 N–H and O–H groups in total. The van der Waals surface area contributed by atoms with Gasteiger partial charge in [0.1, 0.15) is 55.2 Å². The maximum absolute atomic E-state index is 14.6. The van der Waals surface area contributed by atoms with Gasteiger partial charge in [-0.1, -0.05) is 157 Å². The lowest BCUT2D eigenvalue weighted by Gasteiger charge is -2.35. The average Bonchev–Trinajstić information content (AvgIpc) is 1.47. The number of aromatic amines is 1. The van der Waals surface area contributed by atoms with Gasteiger partial charge in [0.2, 0.25) is 65.0 Å². The van der Waals surface area contributed by atoms with Gasteiger partial charge in [0.25, 0.3) is 0 Å². The number of nitrogens with zero attached hydrogens (tertiary/aromatic N) is 2. The molecule has 1 aromatic heterocycles. The SMILES string of the molecule is CCCC[C@H](NC(=O)[C@H](Cc1c[nH]c2ccccc12)NC(=O)CNC(=O)[C@@H](CCCNC(=O)COCCOCCNC(=O)COCCOCCNC(=O)CC[C@H](NC(=O)CCCCCCCCCCCCCCCCC(=O)O)C(=O)O)NC(=O)Cc1ccc(O)cc1)C(=O)N(C)[C@H](CC(=O)O)C(=O)N(C)[C@@H](Cc1ccccc1)C(N)=O. The second-order valence-corrected chi connectivity index (χ2v) is 28.6. The van der Waals surface area contributed by atoms with Gasteiger partial charge in [0, 0.05) is 82.9 Å². The number of carboxylic acid groups (broad SMARTS) is 3. The van der Waals surface area contributed by atoms with E-state index in [1.807, 2.05) is 6.92 Å². The van der Waals surface area contributed by atoms with E-state index in [1.54, 1.807) is 60.8 Å². The Morgan fingerprint density at radius 1 is 0.440 bits per heavy atom. The van der Waals surface area contributed by atoms with Crippen LogP contribution < -0.4 is 48.3 Å². The molecule has 0 bridgehead atoms. The van der Waals surface area contributed by atoms with E-state index in [2.05, 4.69) is 47.5 Å². The molecule has 4 rings (SSSR count). The lowest BCUT2D eigenvalue weighted by molar-refractivity contribution is -0.152. The third kappa shape index (κ3) is 41.6. The molecule has 34 heteroatoms.